The van der Waals surface area contributed by atoms with Crippen LogP contribution in [0.15, 0.2) is 30.5 Å². The lowest BCUT2D eigenvalue weighted by atomic mass is 9.99. The Hall–Kier alpha value is -1.32. The van der Waals surface area contributed by atoms with Crippen LogP contribution in [0.4, 0.5) is 0 Å². The van der Waals surface area contributed by atoms with Crippen LogP contribution < -0.4 is 5.73 Å². The molecule has 90 valence electrons. The SMILES string of the molecule is CCc1nn(C)cc1C(N)c1ccccc1Cl. The van der Waals surface area contributed by atoms with Gasteiger partial charge < -0.3 is 5.73 Å². The van der Waals surface area contributed by atoms with Crippen molar-refractivity contribution in [3.63, 3.8) is 0 Å². The molecule has 0 radical (unpaired) electrons. The minimum absolute atomic E-state index is 0.215. The molecule has 1 heterocycles. The third-order valence-corrected chi connectivity index (χ3v) is 3.19. The van der Waals surface area contributed by atoms with Crippen LogP contribution in [0, 0.1) is 0 Å². The second-order valence-electron chi connectivity index (χ2n) is 4.06. The van der Waals surface area contributed by atoms with Gasteiger partial charge in [-0.25, -0.2) is 0 Å². The smallest absolute Gasteiger partial charge is 0.0672 e. The third kappa shape index (κ3) is 2.35. The van der Waals surface area contributed by atoms with Crippen molar-refractivity contribution in [3.8, 4) is 0 Å². The van der Waals surface area contributed by atoms with Gasteiger partial charge in [0.2, 0.25) is 0 Å². The number of hydrogen-bond donors (Lipinski definition) is 1. The Morgan fingerprint density at radius 3 is 2.71 bits per heavy atom. The number of aryl methyl sites for hydroxylation is 2. The number of hydrogen-bond acceptors (Lipinski definition) is 2. The summed E-state index contributed by atoms with van der Waals surface area (Å²) in [5.41, 5.74) is 9.28. The van der Waals surface area contributed by atoms with Gasteiger partial charge >= 0.3 is 0 Å². The van der Waals surface area contributed by atoms with E-state index in [1.165, 1.54) is 0 Å². The van der Waals surface area contributed by atoms with Crippen molar-refractivity contribution in [2.24, 2.45) is 12.8 Å². The van der Waals surface area contributed by atoms with Crippen LogP contribution >= 0.6 is 11.6 Å². The second kappa shape index (κ2) is 4.90. The van der Waals surface area contributed by atoms with Gasteiger partial charge in [0.05, 0.1) is 11.7 Å². The first-order chi connectivity index (χ1) is 8.13. The van der Waals surface area contributed by atoms with E-state index in [1.54, 1.807) is 4.68 Å². The summed E-state index contributed by atoms with van der Waals surface area (Å²) in [5, 5.41) is 5.10. The molecule has 1 unspecified atom stereocenters. The van der Waals surface area contributed by atoms with Crippen LogP contribution in [0.1, 0.15) is 29.8 Å². The molecule has 17 heavy (non-hydrogen) atoms. The molecule has 1 aromatic heterocycles. The number of aromatic nitrogens is 2. The fourth-order valence-electron chi connectivity index (χ4n) is 1.98. The van der Waals surface area contributed by atoms with E-state index < -0.39 is 0 Å². The molecule has 4 heteroatoms. The number of halogens is 1. The maximum absolute atomic E-state index is 6.27. The summed E-state index contributed by atoms with van der Waals surface area (Å²) in [5.74, 6) is 0. The van der Waals surface area contributed by atoms with Gasteiger partial charge in [-0.05, 0) is 18.1 Å². The molecule has 1 atom stereocenters. The first kappa shape index (κ1) is 12.1. The van der Waals surface area contributed by atoms with E-state index in [-0.39, 0.29) is 6.04 Å². The predicted octanol–water partition coefficient (Wildman–Crippen LogP) is 2.68. The predicted molar refractivity (Wildman–Crippen MR) is 70.1 cm³/mol. The Bertz CT molecular complexity index is 519. The first-order valence-electron chi connectivity index (χ1n) is 5.66. The van der Waals surface area contributed by atoms with Crippen LogP contribution in [-0.2, 0) is 13.5 Å². The Morgan fingerprint density at radius 2 is 2.06 bits per heavy atom. The van der Waals surface area contributed by atoms with E-state index in [0.29, 0.717) is 5.02 Å². The maximum atomic E-state index is 6.27. The molecule has 0 aliphatic carbocycles. The number of nitrogens with two attached hydrogens (primary N) is 1. The highest BCUT2D eigenvalue weighted by atomic mass is 35.5. The Labute approximate surface area is 106 Å². The highest BCUT2D eigenvalue weighted by Crippen LogP contribution is 2.27. The van der Waals surface area contributed by atoms with Crippen LogP contribution in [-0.4, -0.2) is 9.78 Å². The maximum Gasteiger partial charge on any atom is 0.0672 e. The zero-order valence-corrected chi connectivity index (χ0v) is 10.8. The third-order valence-electron chi connectivity index (χ3n) is 2.85. The lowest BCUT2D eigenvalue weighted by Crippen LogP contribution is -2.13. The number of benzene rings is 1. The molecule has 0 bridgehead atoms. The molecule has 2 N–H and O–H groups in total. The second-order valence-corrected chi connectivity index (χ2v) is 4.46. The Balaban J connectivity index is 2.43. The van der Waals surface area contributed by atoms with Gasteiger partial charge in [-0.2, -0.15) is 5.10 Å². The molecule has 2 aromatic rings. The lowest BCUT2D eigenvalue weighted by molar-refractivity contribution is 0.746. The monoisotopic (exact) mass is 249 g/mol. The topological polar surface area (TPSA) is 43.8 Å². The number of rotatable bonds is 3. The Kier molecular flexibility index (Phi) is 3.50. The summed E-state index contributed by atoms with van der Waals surface area (Å²) in [6, 6.07) is 7.45. The number of nitrogens with zero attached hydrogens (tertiary/aromatic N) is 2. The van der Waals surface area contributed by atoms with E-state index in [9.17, 15) is 0 Å². The van der Waals surface area contributed by atoms with Crippen LogP contribution in [0.25, 0.3) is 0 Å². The molecular weight excluding hydrogens is 234 g/mol. The van der Waals surface area contributed by atoms with Gasteiger partial charge in [0.25, 0.3) is 0 Å². The molecule has 0 amide bonds. The average molecular weight is 250 g/mol. The molecular formula is C13H16ClN3. The lowest BCUT2D eigenvalue weighted by Gasteiger charge is -2.13. The fourth-order valence-corrected chi connectivity index (χ4v) is 2.24. The highest BCUT2D eigenvalue weighted by Gasteiger charge is 2.17. The molecule has 0 saturated heterocycles. The fraction of sp³-hybridized carbons (Fsp3) is 0.308. The van der Waals surface area contributed by atoms with Crippen molar-refractivity contribution in [1.29, 1.82) is 0 Å². The molecule has 0 spiro atoms. The quantitative estimate of drug-likeness (QED) is 0.909. The van der Waals surface area contributed by atoms with Crippen LogP contribution in [0.3, 0.4) is 0 Å². The molecule has 3 nitrogen and oxygen atoms in total. The van der Waals surface area contributed by atoms with E-state index in [2.05, 4.69) is 12.0 Å². The van der Waals surface area contributed by atoms with E-state index >= 15 is 0 Å². The summed E-state index contributed by atoms with van der Waals surface area (Å²) in [7, 11) is 1.90. The summed E-state index contributed by atoms with van der Waals surface area (Å²) < 4.78 is 1.80. The van der Waals surface area contributed by atoms with Gasteiger partial charge in [-0.15, -0.1) is 0 Å². The van der Waals surface area contributed by atoms with Gasteiger partial charge in [0, 0.05) is 23.8 Å². The standard InChI is InChI=1S/C13H16ClN3/c1-3-12-10(8-17(2)16-12)13(15)9-6-4-5-7-11(9)14/h4-8,13H,3,15H2,1-2H3. The average Bonchev–Trinajstić information content (AvgIpc) is 2.70. The van der Waals surface area contributed by atoms with E-state index in [1.807, 2.05) is 37.5 Å². The summed E-state index contributed by atoms with van der Waals surface area (Å²) in [4.78, 5) is 0. The van der Waals surface area contributed by atoms with Crippen molar-refractivity contribution >= 4 is 11.6 Å². The molecule has 0 saturated carbocycles. The van der Waals surface area contributed by atoms with E-state index in [4.69, 9.17) is 17.3 Å². The zero-order valence-electron chi connectivity index (χ0n) is 10.0. The summed E-state index contributed by atoms with van der Waals surface area (Å²) in [6.07, 6.45) is 2.83. The zero-order chi connectivity index (χ0) is 12.4. The van der Waals surface area contributed by atoms with Gasteiger partial charge in [0.15, 0.2) is 0 Å². The Morgan fingerprint density at radius 1 is 1.35 bits per heavy atom. The van der Waals surface area contributed by atoms with Crippen LogP contribution in [0.5, 0.6) is 0 Å². The van der Waals surface area contributed by atoms with Crippen molar-refractivity contribution in [1.82, 2.24) is 9.78 Å². The molecule has 2 rings (SSSR count). The van der Waals surface area contributed by atoms with Crippen molar-refractivity contribution < 1.29 is 0 Å². The van der Waals surface area contributed by atoms with Crippen molar-refractivity contribution in [2.75, 3.05) is 0 Å². The minimum Gasteiger partial charge on any atom is -0.320 e. The van der Waals surface area contributed by atoms with Gasteiger partial charge in [-0.3, -0.25) is 4.68 Å². The van der Waals surface area contributed by atoms with Crippen molar-refractivity contribution in [2.45, 2.75) is 19.4 Å². The molecule has 0 aliphatic rings. The summed E-state index contributed by atoms with van der Waals surface area (Å²) in [6.45, 7) is 2.07. The van der Waals surface area contributed by atoms with Crippen molar-refractivity contribution in [3.05, 3.63) is 52.3 Å². The largest absolute Gasteiger partial charge is 0.320 e. The highest BCUT2D eigenvalue weighted by molar-refractivity contribution is 6.31. The minimum atomic E-state index is -0.215. The normalized spacial score (nSPS) is 12.7. The van der Waals surface area contributed by atoms with Crippen LogP contribution in [0.2, 0.25) is 5.02 Å². The van der Waals surface area contributed by atoms with Gasteiger partial charge in [-0.1, -0.05) is 36.7 Å². The van der Waals surface area contributed by atoms with Gasteiger partial charge in [0.1, 0.15) is 0 Å². The molecule has 0 aliphatic heterocycles. The first-order valence-corrected chi connectivity index (χ1v) is 6.03. The molecule has 1 aromatic carbocycles. The molecule has 0 fully saturated rings. The summed E-state index contributed by atoms with van der Waals surface area (Å²) >= 11 is 6.16. The van der Waals surface area contributed by atoms with E-state index in [0.717, 1.165) is 23.2 Å².